The lowest BCUT2D eigenvalue weighted by atomic mass is 9.92. The van der Waals surface area contributed by atoms with Crippen LogP contribution in [0.25, 0.3) is 11.1 Å². The summed E-state index contributed by atoms with van der Waals surface area (Å²) in [6, 6.07) is 3.71. The van der Waals surface area contributed by atoms with Gasteiger partial charge in [0.1, 0.15) is 16.5 Å². The fourth-order valence-electron chi connectivity index (χ4n) is 4.01. The second kappa shape index (κ2) is 9.26. The summed E-state index contributed by atoms with van der Waals surface area (Å²) in [5.41, 5.74) is 2.95. The molecule has 11 heteroatoms. The van der Waals surface area contributed by atoms with Gasteiger partial charge in [0.05, 0.1) is 36.1 Å². The van der Waals surface area contributed by atoms with Crippen LogP contribution in [0.15, 0.2) is 36.9 Å². The van der Waals surface area contributed by atoms with Crippen LogP contribution < -0.4 is 9.64 Å². The maximum atomic E-state index is 13.3. The maximum Gasteiger partial charge on any atom is 0.322 e. The van der Waals surface area contributed by atoms with Crippen LogP contribution >= 0.6 is 0 Å². The average molecular weight is 474 g/mol. The highest BCUT2D eigenvalue weighted by Crippen LogP contribution is 2.44. The molecule has 2 aromatic heterocycles. The van der Waals surface area contributed by atoms with E-state index in [0.29, 0.717) is 23.3 Å². The number of thiol groups is 1. The largest absolute Gasteiger partial charge is 0.423 e. The predicted octanol–water partition coefficient (Wildman–Crippen LogP) is 2.96. The summed E-state index contributed by atoms with van der Waals surface area (Å²) in [6.45, 7) is 5.35. The summed E-state index contributed by atoms with van der Waals surface area (Å²) in [4.78, 5) is 21.9. The van der Waals surface area contributed by atoms with Crippen LogP contribution in [-0.4, -0.2) is 45.4 Å². The van der Waals surface area contributed by atoms with Crippen molar-refractivity contribution in [2.45, 2.75) is 51.4 Å². The van der Waals surface area contributed by atoms with Crippen LogP contribution in [-0.2, 0) is 28.5 Å². The van der Waals surface area contributed by atoms with E-state index in [-0.39, 0.29) is 24.5 Å². The summed E-state index contributed by atoms with van der Waals surface area (Å²) >= 11 is 0. The molecular formula is C22H24FN5O4S. The Morgan fingerprint density at radius 2 is 2.00 bits per heavy atom. The van der Waals surface area contributed by atoms with Crippen molar-refractivity contribution in [3.8, 4) is 22.9 Å². The lowest BCUT2D eigenvalue weighted by Gasteiger charge is -2.35. The van der Waals surface area contributed by atoms with Crippen molar-refractivity contribution in [3.05, 3.63) is 48.3 Å². The molecule has 4 rings (SSSR count). The molecule has 9 nitrogen and oxygen atoms in total. The first-order valence-corrected chi connectivity index (χ1v) is 11.8. The molecule has 1 aliphatic rings. The van der Waals surface area contributed by atoms with Gasteiger partial charge in [-0.3, -0.25) is 9.48 Å². The first-order valence-electron chi connectivity index (χ1n) is 10.5. The Bertz CT molecular complexity index is 1250. The molecule has 1 aliphatic heterocycles. The van der Waals surface area contributed by atoms with Gasteiger partial charge >= 0.3 is 6.01 Å². The summed E-state index contributed by atoms with van der Waals surface area (Å²) in [7, 11) is -2.57. The summed E-state index contributed by atoms with van der Waals surface area (Å²) < 4.78 is 43.4. The highest BCUT2D eigenvalue weighted by atomic mass is 32.2. The van der Waals surface area contributed by atoms with Crippen LogP contribution in [0.4, 0.5) is 10.1 Å². The molecule has 3 heterocycles. The number of amides is 1. The summed E-state index contributed by atoms with van der Waals surface area (Å²) in [5.74, 6) is -0.199. The number of aromatic nitrogens is 4. The quantitative estimate of drug-likeness (QED) is 0.549. The van der Waals surface area contributed by atoms with Gasteiger partial charge in [0, 0.05) is 35.9 Å². The van der Waals surface area contributed by atoms with Crippen molar-refractivity contribution in [1.82, 2.24) is 19.7 Å². The van der Waals surface area contributed by atoms with Crippen LogP contribution in [0.3, 0.4) is 0 Å². The minimum atomic E-state index is -2.57. The molecule has 174 valence electrons. The summed E-state index contributed by atoms with van der Waals surface area (Å²) in [5, 5.41) is 3.73. The monoisotopic (exact) mass is 473 g/mol. The molecular weight excluding hydrogens is 449 g/mol. The molecule has 0 aliphatic carbocycles. The molecule has 1 aromatic carbocycles. The van der Waals surface area contributed by atoms with Gasteiger partial charge in [-0.2, -0.15) is 5.10 Å². The topological polar surface area (TPSA) is 107 Å². The zero-order chi connectivity index (χ0) is 23.7. The van der Waals surface area contributed by atoms with Crippen LogP contribution in [0.5, 0.6) is 11.8 Å². The van der Waals surface area contributed by atoms with Crippen molar-refractivity contribution >= 4 is 22.3 Å². The van der Waals surface area contributed by atoms with Gasteiger partial charge in [0.25, 0.3) is 0 Å². The van der Waals surface area contributed by atoms with E-state index in [2.05, 4.69) is 15.1 Å². The number of hydrogen-bond acceptors (Lipinski definition) is 7. The molecule has 1 unspecified atom stereocenters. The molecule has 0 saturated carbocycles. The number of benzene rings is 1. The zero-order valence-corrected chi connectivity index (χ0v) is 19.3. The average Bonchev–Trinajstić information content (AvgIpc) is 3.23. The number of ether oxygens (including phenoxy) is 1. The minimum Gasteiger partial charge on any atom is -0.423 e. The first kappa shape index (κ1) is 22.8. The number of carbonyl (C=O) groups is 1. The van der Waals surface area contributed by atoms with Gasteiger partial charge in [-0.15, -0.1) is 0 Å². The molecule has 2 atom stereocenters. The Hall–Kier alpha value is -3.34. The molecule has 0 spiro atoms. The third kappa shape index (κ3) is 4.72. The van der Waals surface area contributed by atoms with E-state index in [1.807, 2.05) is 19.1 Å². The van der Waals surface area contributed by atoms with Gasteiger partial charge in [0.2, 0.25) is 5.91 Å². The number of carbonyl (C=O) groups excluding carboxylic acids is 1. The number of fused-ring (bicyclic) bond motifs is 1. The molecule has 0 radical (unpaired) electrons. The molecule has 0 N–H and O–H groups in total. The fraction of sp³-hybridized carbons (Fsp3) is 0.364. The van der Waals surface area contributed by atoms with E-state index >= 15 is 0 Å². The Kier molecular flexibility index (Phi) is 6.41. The molecule has 0 fully saturated rings. The predicted molar refractivity (Wildman–Crippen MR) is 120 cm³/mol. The van der Waals surface area contributed by atoms with Crippen molar-refractivity contribution in [2.24, 2.45) is 0 Å². The molecule has 0 saturated heterocycles. The van der Waals surface area contributed by atoms with Gasteiger partial charge in [-0.25, -0.2) is 22.8 Å². The van der Waals surface area contributed by atoms with E-state index in [4.69, 9.17) is 4.74 Å². The van der Waals surface area contributed by atoms with E-state index in [0.717, 1.165) is 30.1 Å². The third-order valence-corrected chi connectivity index (χ3v) is 6.52. The van der Waals surface area contributed by atoms with Gasteiger partial charge < -0.3 is 9.64 Å². The number of rotatable bonds is 6. The Morgan fingerprint density at radius 3 is 2.67 bits per heavy atom. The molecule has 3 aromatic rings. The highest BCUT2D eigenvalue weighted by Gasteiger charge is 2.30. The molecule has 33 heavy (non-hydrogen) atoms. The second-order valence-electron chi connectivity index (χ2n) is 8.09. The lowest BCUT2D eigenvalue weighted by Crippen LogP contribution is -2.40. The molecule has 0 bridgehead atoms. The Morgan fingerprint density at radius 1 is 1.27 bits per heavy atom. The number of halogens is 1. The van der Waals surface area contributed by atoms with Crippen molar-refractivity contribution in [3.63, 3.8) is 0 Å². The normalized spacial score (nSPS) is 16.5. The zero-order valence-electron chi connectivity index (χ0n) is 18.4. The number of anilines is 1. The lowest BCUT2D eigenvalue weighted by molar-refractivity contribution is -0.117. The maximum absolute atomic E-state index is 13.3. The van der Waals surface area contributed by atoms with E-state index < -0.39 is 21.8 Å². The Balaban J connectivity index is 1.81. The number of hydrogen-bond donors (Lipinski definition) is 1. The number of nitrogens with zero attached hydrogens (tertiary/aromatic N) is 5. The third-order valence-electron chi connectivity index (χ3n) is 5.63. The van der Waals surface area contributed by atoms with Crippen molar-refractivity contribution in [1.29, 1.82) is 0 Å². The van der Waals surface area contributed by atoms with Gasteiger partial charge in [0.15, 0.2) is 5.82 Å². The van der Waals surface area contributed by atoms with Crippen molar-refractivity contribution in [2.75, 3.05) is 4.90 Å². The Labute approximate surface area is 192 Å². The SMILES string of the molecule is CC(=O)N1c2ccc(-c3cnn(CC(C)[SH](=O)=O)c3)c(Oc3ncc(F)cn3)c2CC[C@@H]1C. The highest BCUT2D eigenvalue weighted by molar-refractivity contribution is 7.73. The fourth-order valence-corrected chi connectivity index (χ4v) is 4.31. The smallest absolute Gasteiger partial charge is 0.322 e. The van der Waals surface area contributed by atoms with Crippen molar-refractivity contribution < 1.29 is 22.3 Å². The van der Waals surface area contributed by atoms with E-state index in [1.165, 1.54) is 6.92 Å². The molecule has 1 amide bonds. The second-order valence-corrected chi connectivity index (χ2v) is 9.54. The van der Waals surface area contributed by atoms with E-state index in [9.17, 15) is 17.6 Å². The van der Waals surface area contributed by atoms with Gasteiger partial charge in [-0.05, 0) is 38.8 Å². The van der Waals surface area contributed by atoms with E-state index in [1.54, 1.807) is 28.9 Å². The first-order chi connectivity index (χ1) is 15.7. The van der Waals surface area contributed by atoms with Crippen LogP contribution in [0, 0.1) is 5.82 Å². The van der Waals surface area contributed by atoms with Gasteiger partial charge in [-0.1, -0.05) is 0 Å². The summed E-state index contributed by atoms with van der Waals surface area (Å²) in [6.07, 6.45) is 6.80. The standard InChI is InChI=1S/C22H24FN5O4S/c1-13-4-5-19-20(28(13)15(3)29)7-6-18(21(19)32-22-24-9-17(23)10-25-22)16-8-26-27(12-16)11-14(2)33(30)31/h6-10,12-14,33H,4-5,11H2,1-3H3/t13-,14?/m0/s1. The van der Waals surface area contributed by atoms with Crippen LogP contribution in [0.1, 0.15) is 32.8 Å². The van der Waals surface area contributed by atoms with Crippen LogP contribution in [0.2, 0.25) is 0 Å². The minimum absolute atomic E-state index is 0.0246.